The number of hydrogen-bond acceptors (Lipinski definition) is 5. The van der Waals surface area contributed by atoms with Gasteiger partial charge in [0, 0.05) is 31.1 Å². The number of halogens is 2. The fraction of sp³-hybridized carbons (Fsp3) is 0.182. The normalized spacial score (nSPS) is 16.7. The van der Waals surface area contributed by atoms with E-state index in [4.69, 9.17) is 0 Å². The Morgan fingerprint density at radius 2 is 2.13 bits per heavy atom. The van der Waals surface area contributed by atoms with Crippen LogP contribution in [0.2, 0.25) is 0 Å². The monoisotopic (exact) mass is 423 g/mol. The molecule has 31 heavy (non-hydrogen) atoms. The number of aromatic hydroxyl groups is 1. The number of rotatable bonds is 5. The van der Waals surface area contributed by atoms with Crippen molar-refractivity contribution in [1.82, 2.24) is 19.3 Å². The lowest BCUT2D eigenvalue weighted by Crippen LogP contribution is -2.32. The largest absolute Gasteiger partial charge is 0.503 e. The molecule has 1 aliphatic heterocycles. The number of hydrogen-bond donors (Lipinski definition) is 1. The highest BCUT2D eigenvalue weighted by atomic mass is 19.1. The molecule has 1 aromatic carbocycles. The standard InChI is InChI=1S/C22H19F2N5O2/c1-13(9-25-10-14(2)23)19(15-3-5-16(24)6-4-15)17-12-28-8-7-26-22(28)20-21(31)18(30)11-27-29(17)20/h3-11,17,19,31H,1,12H2,2H3/b14-10+,25-9-/t17-,19+/m1/s1. The lowest BCUT2D eigenvalue weighted by atomic mass is 9.84. The minimum atomic E-state index is -0.622. The average Bonchev–Trinajstić information content (AvgIpc) is 3.20. The topological polar surface area (TPSA) is 85.3 Å². The Bertz CT molecular complexity index is 1250. The second-order valence-electron chi connectivity index (χ2n) is 7.22. The van der Waals surface area contributed by atoms with Gasteiger partial charge in [0.2, 0.25) is 5.43 Å². The molecular formula is C22H19F2N5O2. The summed E-state index contributed by atoms with van der Waals surface area (Å²) in [5.41, 5.74) is 0.802. The van der Waals surface area contributed by atoms with Crippen molar-refractivity contribution in [3.63, 3.8) is 0 Å². The first kappa shape index (κ1) is 20.4. The molecule has 1 aliphatic rings. The van der Waals surface area contributed by atoms with Gasteiger partial charge in [0.1, 0.15) is 17.3 Å². The highest BCUT2D eigenvalue weighted by Crippen LogP contribution is 2.41. The van der Waals surface area contributed by atoms with Crippen molar-refractivity contribution in [3.8, 4) is 17.3 Å². The van der Waals surface area contributed by atoms with Crippen molar-refractivity contribution >= 4 is 6.21 Å². The minimum Gasteiger partial charge on any atom is -0.503 e. The van der Waals surface area contributed by atoms with Crippen molar-refractivity contribution < 1.29 is 13.9 Å². The quantitative estimate of drug-likeness (QED) is 0.634. The van der Waals surface area contributed by atoms with Crippen LogP contribution in [0, 0.1) is 5.82 Å². The van der Waals surface area contributed by atoms with E-state index in [1.807, 2.05) is 0 Å². The molecular weight excluding hydrogens is 404 g/mol. The van der Waals surface area contributed by atoms with Crippen molar-refractivity contribution in [2.75, 3.05) is 0 Å². The van der Waals surface area contributed by atoms with Gasteiger partial charge in [-0.15, -0.1) is 0 Å². The molecule has 4 rings (SSSR count). The maximum Gasteiger partial charge on any atom is 0.242 e. The third kappa shape index (κ3) is 3.81. The fourth-order valence-electron chi connectivity index (χ4n) is 3.79. The summed E-state index contributed by atoms with van der Waals surface area (Å²) < 4.78 is 30.0. The lowest BCUT2D eigenvalue weighted by molar-refractivity contribution is 0.333. The highest BCUT2D eigenvalue weighted by Gasteiger charge is 2.35. The molecule has 1 N–H and O–H groups in total. The van der Waals surface area contributed by atoms with E-state index >= 15 is 0 Å². The zero-order chi connectivity index (χ0) is 22.1. The van der Waals surface area contributed by atoms with E-state index in [0.29, 0.717) is 17.9 Å². The highest BCUT2D eigenvalue weighted by molar-refractivity contribution is 5.81. The molecule has 158 valence electrons. The average molecular weight is 423 g/mol. The third-order valence-electron chi connectivity index (χ3n) is 5.12. The summed E-state index contributed by atoms with van der Waals surface area (Å²) in [6.45, 7) is 5.77. The Morgan fingerprint density at radius 1 is 1.39 bits per heavy atom. The molecule has 3 aromatic rings. The maximum atomic E-state index is 13.6. The Balaban J connectivity index is 1.88. The summed E-state index contributed by atoms with van der Waals surface area (Å²) in [4.78, 5) is 20.3. The second kappa shape index (κ2) is 8.10. The van der Waals surface area contributed by atoms with Crippen LogP contribution in [0.4, 0.5) is 8.78 Å². The Morgan fingerprint density at radius 3 is 2.84 bits per heavy atom. The molecule has 7 nitrogen and oxygen atoms in total. The number of aliphatic imine (C=N–C) groups is 1. The van der Waals surface area contributed by atoms with Crippen molar-refractivity contribution in [1.29, 1.82) is 0 Å². The molecule has 0 spiro atoms. The molecule has 3 heterocycles. The van der Waals surface area contributed by atoms with Crippen LogP contribution in [0.25, 0.3) is 11.5 Å². The maximum absolute atomic E-state index is 13.6. The van der Waals surface area contributed by atoms with Gasteiger partial charge in [0.05, 0.1) is 18.4 Å². The third-order valence-corrected chi connectivity index (χ3v) is 5.12. The van der Waals surface area contributed by atoms with E-state index in [9.17, 15) is 18.7 Å². The van der Waals surface area contributed by atoms with Gasteiger partial charge < -0.3 is 9.67 Å². The molecule has 0 amide bonds. The number of imidazole rings is 1. The number of fused-ring (bicyclic) bond motifs is 3. The SMILES string of the molecule is C=C(/C=N\C=C(/C)F)[C@@H](c1ccc(F)cc1)[C@H]1Cn2ccnc2-c2c(O)c(=O)cnn21. The Labute approximate surface area is 176 Å². The van der Waals surface area contributed by atoms with Crippen LogP contribution in [0.15, 0.2) is 76.8 Å². The smallest absolute Gasteiger partial charge is 0.242 e. The first-order chi connectivity index (χ1) is 14.9. The van der Waals surface area contributed by atoms with Gasteiger partial charge in [0.15, 0.2) is 11.6 Å². The van der Waals surface area contributed by atoms with Crippen molar-refractivity contribution in [2.45, 2.75) is 25.4 Å². The summed E-state index contributed by atoms with van der Waals surface area (Å²) >= 11 is 0. The number of benzene rings is 1. The van der Waals surface area contributed by atoms with E-state index < -0.39 is 34.8 Å². The predicted octanol–water partition coefficient (Wildman–Crippen LogP) is 3.75. The van der Waals surface area contributed by atoms with Crippen LogP contribution in [0.5, 0.6) is 5.75 Å². The van der Waals surface area contributed by atoms with E-state index in [1.54, 1.807) is 29.1 Å². The molecule has 0 radical (unpaired) electrons. The summed E-state index contributed by atoms with van der Waals surface area (Å²) in [6, 6.07) is 5.46. The number of nitrogens with zero attached hydrogens (tertiary/aromatic N) is 5. The molecule has 0 bridgehead atoms. The zero-order valence-electron chi connectivity index (χ0n) is 16.6. The summed E-state index contributed by atoms with van der Waals surface area (Å²) in [5.74, 6) is -1.37. The molecule has 0 saturated carbocycles. The van der Waals surface area contributed by atoms with Gasteiger partial charge in [-0.2, -0.15) is 5.10 Å². The van der Waals surface area contributed by atoms with Crippen LogP contribution < -0.4 is 5.43 Å². The van der Waals surface area contributed by atoms with Gasteiger partial charge in [-0.25, -0.2) is 13.8 Å². The van der Waals surface area contributed by atoms with Crippen LogP contribution >= 0.6 is 0 Å². The van der Waals surface area contributed by atoms with Gasteiger partial charge in [-0.1, -0.05) is 18.7 Å². The molecule has 0 saturated heterocycles. The summed E-state index contributed by atoms with van der Waals surface area (Å²) in [6.07, 6.45) is 6.84. The molecule has 2 aromatic heterocycles. The minimum absolute atomic E-state index is 0.185. The fourth-order valence-corrected chi connectivity index (χ4v) is 3.79. The molecule has 0 aliphatic carbocycles. The number of allylic oxidation sites excluding steroid dienone is 2. The molecule has 9 heteroatoms. The van der Waals surface area contributed by atoms with E-state index in [1.165, 1.54) is 30.0 Å². The first-order valence-electron chi connectivity index (χ1n) is 9.49. The van der Waals surface area contributed by atoms with E-state index in [0.717, 1.165) is 18.0 Å². The predicted molar refractivity (Wildman–Crippen MR) is 112 cm³/mol. The van der Waals surface area contributed by atoms with E-state index in [2.05, 4.69) is 21.7 Å². The van der Waals surface area contributed by atoms with Gasteiger partial charge in [-0.05, 0) is 30.2 Å². The number of aromatic nitrogens is 4. The van der Waals surface area contributed by atoms with E-state index in [-0.39, 0.29) is 5.69 Å². The molecule has 0 fully saturated rings. The lowest BCUT2D eigenvalue weighted by Gasteiger charge is -2.34. The van der Waals surface area contributed by atoms with Gasteiger partial charge >= 0.3 is 0 Å². The van der Waals surface area contributed by atoms with Crippen LogP contribution in [0.3, 0.4) is 0 Å². The second-order valence-corrected chi connectivity index (χ2v) is 7.22. The van der Waals surface area contributed by atoms with Crippen LogP contribution in [-0.4, -0.2) is 30.7 Å². The summed E-state index contributed by atoms with van der Waals surface area (Å²) in [5, 5.41) is 14.7. The van der Waals surface area contributed by atoms with Gasteiger partial charge in [0.25, 0.3) is 0 Å². The van der Waals surface area contributed by atoms with Crippen LogP contribution in [-0.2, 0) is 6.54 Å². The van der Waals surface area contributed by atoms with Gasteiger partial charge in [-0.3, -0.25) is 14.5 Å². The van der Waals surface area contributed by atoms with Crippen molar-refractivity contribution in [2.24, 2.45) is 4.99 Å². The van der Waals surface area contributed by atoms with Crippen molar-refractivity contribution in [3.05, 3.63) is 88.6 Å². The molecule has 2 atom stereocenters. The summed E-state index contributed by atoms with van der Waals surface area (Å²) in [7, 11) is 0. The Hall–Kier alpha value is -3.88. The zero-order valence-corrected chi connectivity index (χ0v) is 16.6. The Kier molecular flexibility index (Phi) is 5.33. The molecule has 0 unspecified atom stereocenters. The van der Waals surface area contributed by atoms with Crippen LogP contribution in [0.1, 0.15) is 24.4 Å². The first-order valence-corrected chi connectivity index (χ1v) is 9.49.